The number of rotatable bonds is 11. The highest BCUT2D eigenvalue weighted by atomic mass is 32.2. The summed E-state index contributed by atoms with van der Waals surface area (Å²) in [6.45, 7) is 0.174. The lowest BCUT2D eigenvalue weighted by molar-refractivity contribution is -0.245. The van der Waals surface area contributed by atoms with E-state index in [4.69, 9.17) is 9.47 Å². The molecule has 3 atom stereocenters. The Balaban J connectivity index is 1.16. The highest BCUT2D eigenvalue weighted by molar-refractivity contribution is 7.99. The molecule has 0 aliphatic carbocycles. The summed E-state index contributed by atoms with van der Waals surface area (Å²) < 4.78 is 41.0. The van der Waals surface area contributed by atoms with Crippen molar-refractivity contribution < 1.29 is 23.0 Å². The lowest BCUT2D eigenvalue weighted by atomic mass is 9.99. The van der Waals surface area contributed by atoms with Crippen LogP contribution in [0.4, 0.5) is 0 Å². The minimum atomic E-state index is -3.60. The van der Waals surface area contributed by atoms with E-state index in [1.54, 1.807) is 60.6 Å². The zero-order valence-electron chi connectivity index (χ0n) is 24.4. The van der Waals surface area contributed by atoms with E-state index in [1.165, 1.54) is 0 Å². The van der Waals surface area contributed by atoms with Crippen molar-refractivity contribution in [1.29, 1.82) is 0 Å². The van der Waals surface area contributed by atoms with Crippen LogP contribution in [0, 0.1) is 0 Å². The lowest BCUT2D eigenvalue weighted by Crippen LogP contribution is -2.31. The highest BCUT2D eigenvalue weighted by Crippen LogP contribution is 2.39. The number of aliphatic hydroxyl groups is 1. The molecule has 0 saturated carbocycles. The molecule has 2 N–H and O–H groups in total. The van der Waals surface area contributed by atoms with Crippen molar-refractivity contribution in [3.8, 4) is 11.1 Å². The number of nitrogens with zero attached hydrogens (tertiary/aromatic N) is 2. The fourth-order valence-electron chi connectivity index (χ4n) is 5.11. The van der Waals surface area contributed by atoms with Gasteiger partial charge in [0.2, 0.25) is 10.0 Å². The molecule has 230 valence electrons. The molecule has 1 aliphatic heterocycles. The lowest BCUT2D eigenvalue weighted by Gasteiger charge is -2.36. The van der Waals surface area contributed by atoms with Gasteiger partial charge >= 0.3 is 0 Å². The number of hydrogen-bond acceptors (Lipinski definition) is 8. The van der Waals surface area contributed by atoms with Crippen LogP contribution in [-0.2, 0) is 32.6 Å². The normalized spacial score (nSPS) is 18.5. The zero-order valence-corrected chi connectivity index (χ0v) is 26.0. The van der Waals surface area contributed by atoms with Gasteiger partial charge in [0.25, 0.3) is 0 Å². The summed E-state index contributed by atoms with van der Waals surface area (Å²) in [7, 11) is -3.60. The van der Waals surface area contributed by atoms with Gasteiger partial charge in [0.15, 0.2) is 11.4 Å². The first kappa shape index (κ1) is 31.1. The van der Waals surface area contributed by atoms with Crippen molar-refractivity contribution in [2.75, 3.05) is 5.75 Å². The van der Waals surface area contributed by atoms with E-state index in [0.29, 0.717) is 17.3 Å². The minimum absolute atomic E-state index is 0.00750. The van der Waals surface area contributed by atoms with E-state index in [2.05, 4.69) is 14.7 Å². The van der Waals surface area contributed by atoms with Crippen LogP contribution in [0.2, 0.25) is 0 Å². The van der Waals surface area contributed by atoms with E-state index < -0.39 is 16.3 Å². The standard InChI is InChI=1S/C35H33N3O5S2/c39-23-25-10-12-28(13-11-25)33-21-31(24-44-35-36-18-5-19-37-35)42-34(43-33)29-16-14-27(15-17-29)30-7-4-6-26(20-30)22-38-45(40,41)32-8-2-1-3-9-32/h1-20,31,33-34,38-39H,21-24H2. The van der Waals surface area contributed by atoms with Gasteiger partial charge < -0.3 is 14.6 Å². The van der Waals surface area contributed by atoms with Gasteiger partial charge in [-0.25, -0.2) is 23.1 Å². The van der Waals surface area contributed by atoms with E-state index in [1.807, 2.05) is 72.8 Å². The molecule has 45 heavy (non-hydrogen) atoms. The highest BCUT2D eigenvalue weighted by Gasteiger charge is 2.32. The Morgan fingerprint density at radius 2 is 1.51 bits per heavy atom. The van der Waals surface area contributed by atoms with E-state index >= 15 is 0 Å². The largest absolute Gasteiger partial charge is 0.392 e. The fraction of sp³-hybridized carbons (Fsp3) is 0.200. The number of ether oxygens (including phenoxy) is 2. The third-order valence-corrected chi connectivity index (χ3v) is 9.94. The molecule has 1 aromatic heterocycles. The van der Waals surface area contributed by atoms with Crippen LogP contribution >= 0.6 is 11.8 Å². The molecule has 8 nitrogen and oxygen atoms in total. The number of nitrogens with one attached hydrogen (secondary N) is 1. The predicted octanol–water partition coefficient (Wildman–Crippen LogP) is 6.45. The molecule has 1 aliphatic rings. The predicted molar refractivity (Wildman–Crippen MR) is 174 cm³/mol. The van der Waals surface area contributed by atoms with Crippen molar-refractivity contribution in [2.24, 2.45) is 0 Å². The van der Waals surface area contributed by atoms with Gasteiger partial charge in [0.1, 0.15) is 0 Å². The van der Waals surface area contributed by atoms with Crippen molar-refractivity contribution in [2.45, 2.75) is 48.1 Å². The topological polar surface area (TPSA) is 111 Å². The fourth-order valence-corrected chi connectivity index (χ4v) is 6.96. The van der Waals surface area contributed by atoms with Crippen LogP contribution in [-0.4, -0.2) is 35.3 Å². The Kier molecular flexibility index (Phi) is 10.00. The molecule has 0 radical (unpaired) electrons. The molecule has 0 bridgehead atoms. The van der Waals surface area contributed by atoms with Crippen molar-refractivity contribution >= 4 is 21.8 Å². The van der Waals surface area contributed by atoms with Crippen LogP contribution in [0.15, 0.2) is 132 Å². The second-order valence-corrected chi connectivity index (χ2v) is 13.4. The molecular weight excluding hydrogens is 607 g/mol. The maximum Gasteiger partial charge on any atom is 0.240 e. The van der Waals surface area contributed by atoms with Gasteiger partial charge in [-0.3, -0.25) is 0 Å². The SMILES string of the molecule is O=S(=O)(NCc1cccc(-c2ccc(C3OC(CSc4ncccn4)CC(c4ccc(CO)cc4)O3)cc2)c1)c1ccccc1. The Labute approximate surface area is 267 Å². The molecular formula is C35H33N3O5S2. The second-order valence-electron chi connectivity index (χ2n) is 10.7. The smallest absolute Gasteiger partial charge is 0.240 e. The van der Waals surface area contributed by atoms with Crippen LogP contribution in [0.5, 0.6) is 0 Å². The monoisotopic (exact) mass is 639 g/mol. The van der Waals surface area contributed by atoms with Crippen molar-refractivity contribution in [1.82, 2.24) is 14.7 Å². The summed E-state index contributed by atoms with van der Waals surface area (Å²) in [5, 5.41) is 10.2. The Bertz CT molecular complexity index is 1790. The number of benzene rings is 4. The maximum atomic E-state index is 12.7. The summed E-state index contributed by atoms with van der Waals surface area (Å²) in [4.78, 5) is 8.89. The van der Waals surface area contributed by atoms with E-state index in [0.717, 1.165) is 33.4 Å². The van der Waals surface area contributed by atoms with E-state index in [-0.39, 0.29) is 30.3 Å². The number of aliphatic hydroxyl groups excluding tert-OH is 1. The van der Waals surface area contributed by atoms with Crippen LogP contribution in [0.1, 0.15) is 41.1 Å². The van der Waals surface area contributed by atoms with Gasteiger partial charge in [-0.2, -0.15) is 0 Å². The molecule has 5 aromatic rings. The Morgan fingerprint density at radius 1 is 0.778 bits per heavy atom. The third kappa shape index (κ3) is 8.04. The summed E-state index contributed by atoms with van der Waals surface area (Å²) >= 11 is 1.55. The number of sulfonamides is 1. The number of aromatic nitrogens is 2. The maximum absolute atomic E-state index is 12.7. The van der Waals surface area contributed by atoms with Gasteiger partial charge in [-0.1, -0.05) is 96.7 Å². The average Bonchev–Trinajstić information content (AvgIpc) is 3.11. The van der Waals surface area contributed by atoms with Gasteiger partial charge in [0, 0.05) is 36.7 Å². The molecule has 2 heterocycles. The van der Waals surface area contributed by atoms with E-state index in [9.17, 15) is 13.5 Å². The van der Waals surface area contributed by atoms with Gasteiger partial charge in [-0.05, 0) is 52.1 Å². The molecule has 0 spiro atoms. The summed E-state index contributed by atoms with van der Waals surface area (Å²) in [6.07, 6.45) is 3.28. The van der Waals surface area contributed by atoms with Crippen molar-refractivity contribution in [3.63, 3.8) is 0 Å². The summed E-state index contributed by atoms with van der Waals surface area (Å²) in [6, 6.07) is 33.9. The molecule has 4 aromatic carbocycles. The van der Waals surface area contributed by atoms with Crippen molar-refractivity contribution in [3.05, 3.63) is 144 Å². The van der Waals surface area contributed by atoms with Gasteiger partial charge in [-0.15, -0.1) is 0 Å². The van der Waals surface area contributed by atoms with Gasteiger partial charge in [0.05, 0.1) is 23.7 Å². The Hall–Kier alpha value is -3.90. The number of hydrogen-bond donors (Lipinski definition) is 2. The Morgan fingerprint density at radius 3 is 2.24 bits per heavy atom. The first-order valence-corrected chi connectivity index (χ1v) is 17.1. The summed E-state index contributed by atoms with van der Waals surface area (Å²) in [5.74, 6) is 0.675. The van der Waals surface area contributed by atoms with Crippen LogP contribution in [0.3, 0.4) is 0 Å². The molecule has 3 unspecified atom stereocenters. The average molecular weight is 640 g/mol. The first-order chi connectivity index (χ1) is 22.0. The second kappa shape index (κ2) is 14.5. The quantitative estimate of drug-likeness (QED) is 0.125. The molecule has 6 rings (SSSR count). The number of thioether (sulfide) groups is 1. The molecule has 1 saturated heterocycles. The first-order valence-electron chi connectivity index (χ1n) is 14.6. The minimum Gasteiger partial charge on any atom is -0.392 e. The molecule has 1 fully saturated rings. The third-order valence-electron chi connectivity index (χ3n) is 7.52. The summed E-state index contributed by atoms with van der Waals surface area (Å²) in [5.41, 5.74) is 5.60. The molecule has 10 heteroatoms. The van der Waals surface area contributed by atoms with Crippen LogP contribution < -0.4 is 4.72 Å². The molecule has 0 amide bonds. The zero-order chi connectivity index (χ0) is 31.1. The van der Waals surface area contributed by atoms with Crippen LogP contribution in [0.25, 0.3) is 11.1 Å².